The van der Waals surface area contributed by atoms with Crippen molar-refractivity contribution in [3.63, 3.8) is 0 Å². The van der Waals surface area contributed by atoms with Gasteiger partial charge in [0.25, 0.3) is 0 Å². The molecule has 0 radical (unpaired) electrons. The van der Waals surface area contributed by atoms with Crippen LogP contribution in [0.15, 0.2) is 22.6 Å². The maximum atomic E-state index is 13.1. The van der Waals surface area contributed by atoms with Gasteiger partial charge in [0.15, 0.2) is 5.58 Å². The average molecular weight is 284 g/mol. The standard InChI is InChI=1S/C13H17FN2O2S/c1-8(16-19(17)13(2,3)4)12-15-10-7-9(14)5-6-11(10)18-12/h5-8,16H,1-4H3/t8-,19?/m1/s1. The lowest BCUT2D eigenvalue weighted by Gasteiger charge is -2.20. The number of hydrogen-bond donors (Lipinski definition) is 1. The lowest BCUT2D eigenvalue weighted by Crippen LogP contribution is -2.34. The first-order valence-corrected chi connectivity index (χ1v) is 7.16. The molecule has 1 aromatic heterocycles. The maximum absolute atomic E-state index is 13.1. The Bertz CT molecular complexity index is 619. The molecule has 1 unspecified atom stereocenters. The molecule has 1 aromatic carbocycles. The molecule has 0 aliphatic rings. The summed E-state index contributed by atoms with van der Waals surface area (Å²) in [4.78, 5) is 4.20. The summed E-state index contributed by atoms with van der Waals surface area (Å²) < 4.78 is 33.1. The van der Waals surface area contributed by atoms with Crippen LogP contribution in [-0.2, 0) is 11.0 Å². The minimum Gasteiger partial charge on any atom is -0.439 e. The topological polar surface area (TPSA) is 55.1 Å². The van der Waals surface area contributed by atoms with E-state index in [9.17, 15) is 8.60 Å². The molecule has 0 aliphatic carbocycles. The van der Waals surface area contributed by atoms with Crippen LogP contribution in [0.4, 0.5) is 4.39 Å². The quantitative estimate of drug-likeness (QED) is 0.942. The van der Waals surface area contributed by atoms with Crippen LogP contribution >= 0.6 is 0 Å². The van der Waals surface area contributed by atoms with Gasteiger partial charge in [0.05, 0.1) is 21.8 Å². The van der Waals surface area contributed by atoms with Crippen molar-refractivity contribution < 1.29 is 13.0 Å². The highest BCUT2D eigenvalue weighted by Gasteiger charge is 2.23. The van der Waals surface area contributed by atoms with E-state index in [1.54, 1.807) is 0 Å². The van der Waals surface area contributed by atoms with Gasteiger partial charge in [0.2, 0.25) is 5.89 Å². The van der Waals surface area contributed by atoms with E-state index in [1.807, 2.05) is 27.7 Å². The molecular weight excluding hydrogens is 267 g/mol. The minimum atomic E-state index is -1.22. The summed E-state index contributed by atoms with van der Waals surface area (Å²) in [5.41, 5.74) is 0.983. The van der Waals surface area contributed by atoms with Crippen molar-refractivity contribution in [1.82, 2.24) is 9.71 Å². The molecule has 4 nitrogen and oxygen atoms in total. The van der Waals surface area contributed by atoms with E-state index in [1.165, 1.54) is 18.2 Å². The Balaban J connectivity index is 2.22. The fraction of sp³-hybridized carbons (Fsp3) is 0.462. The number of oxazole rings is 1. The van der Waals surface area contributed by atoms with Gasteiger partial charge in [0.1, 0.15) is 11.3 Å². The van der Waals surface area contributed by atoms with E-state index in [4.69, 9.17) is 4.42 Å². The van der Waals surface area contributed by atoms with E-state index in [2.05, 4.69) is 9.71 Å². The highest BCUT2D eigenvalue weighted by molar-refractivity contribution is 7.84. The summed E-state index contributed by atoms with van der Waals surface area (Å²) in [6, 6.07) is 3.86. The third-order valence-corrected chi connectivity index (χ3v) is 4.26. The molecular formula is C13H17FN2O2S. The van der Waals surface area contributed by atoms with Crippen LogP contribution in [0.25, 0.3) is 11.1 Å². The van der Waals surface area contributed by atoms with Gasteiger partial charge in [-0.1, -0.05) is 0 Å². The largest absolute Gasteiger partial charge is 0.439 e. The summed E-state index contributed by atoms with van der Waals surface area (Å²) >= 11 is 0. The zero-order valence-corrected chi connectivity index (χ0v) is 12.2. The smallest absolute Gasteiger partial charge is 0.213 e. The molecule has 19 heavy (non-hydrogen) atoms. The van der Waals surface area contributed by atoms with Gasteiger partial charge in [-0.05, 0) is 39.8 Å². The molecule has 0 amide bonds. The number of nitrogens with zero attached hydrogens (tertiary/aromatic N) is 1. The second kappa shape index (κ2) is 5.02. The molecule has 0 saturated carbocycles. The molecule has 1 heterocycles. The molecule has 2 aromatic rings. The Morgan fingerprint density at radius 2 is 2.11 bits per heavy atom. The zero-order chi connectivity index (χ0) is 14.2. The van der Waals surface area contributed by atoms with Gasteiger partial charge in [-0.25, -0.2) is 18.3 Å². The fourth-order valence-corrected chi connectivity index (χ4v) is 2.27. The van der Waals surface area contributed by atoms with Gasteiger partial charge in [0, 0.05) is 6.07 Å². The van der Waals surface area contributed by atoms with E-state index in [0.29, 0.717) is 17.0 Å². The van der Waals surface area contributed by atoms with Gasteiger partial charge in [-0.15, -0.1) is 0 Å². The van der Waals surface area contributed by atoms with Crippen LogP contribution in [0.3, 0.4) is 0 Å². The van der Waals surface area contributed by atoms with E-state index in [-0.39, 0.29) is 16.6 Å². The van der Waals surface area contributed by atoms with E-state index < -0.39 is 11.0 Å². The molecule has 0 bridgehead atoms. The number of fused-ring (bicyclic) bond motifs is 1. The molecule has 0 saturated heterocycles. The number of rotatable bonds is 3. The number of halogens is 1. The lowest BCUT2D eigenvalue weighted by atomic mass is 10.3. The molecule has 1 N–H and O–H groups in total. The second-order valence-electron chi connectivity index (χ2n) is 5.38. The normalized spacial score (nSPS) is 15.6. The Morgan fingerprint density at radius 1 is 1.42 bits per heavy atom. The first-order chi connectivity index (χ1) is 8.77. The van der Waals surface area contributed by atoms with E-state index in [0.717, 1.165) is 0 Å². The summed E-state index contributed by atoms with van der Waals surface area (Å²) in [5, 5.41) is 0. The van der Waals surface area contributed by atoms with Crippen LogP contribution in [0.5, 0.6) is 0 Å². The Morgan fingerprint density at radius 3 is 2.74 bits per heavy atom. The monoisotopic (exact) mass is 284 g/mol. The van der Waals surface area contributed by atoms with Gasteiger partial charge in [-0.2, -0.15) is 0 Å². The van der Waals surface area contributed by atoms with Crippen molar-refractivity contribution in [2.75, 3.05) is 0 Å². The van der Waals surface area contributed by atoms with Crippen molar-refractivity contribution in [3.05, 3.63) is 29.9 Å². The predicted octanol–water partition coefficient (Wildman–Crippen LogP) is 3.08. The number of hydrogen-bond acceptors (Lipinski definition) is 3. The summed E-state index contributed by atoms with van der Waals surface area (Å²) in [6.07, 6.45) is 0. The van der Waals surface area contributed by atoms with Crippen LogP contribution in [-0.4, -0.2) is 13.9 Å². The summed E-state index contributed by atoms with van der Waals surface area (Å²) in [5.74, 6) is 0.0458. The fourth-order valence-electron chi connectivity index (χ4n) is 1.49. The highest BCUT2D eigenvalue weighted by Crippen LogP contribution is 2.22. The van der Waals surface area contributed by atoms with Crippen LogP contribution in [0, 0.1) is 5.82 Å². The number of aromatic nitrogens is 1. The highest BCUT2D eigenvalue weighted by atomic mass is 32.2. The molecule has 0 fully saturated rings. The van der Waals surface area contributed by atoms with Gasteiger partial charge >= 0.3 is 0 Å². The molecule has 0 aliphatic heterocycles. The summed E-state index contributed by atoms with van der Waals surface area (Å²) in [6.45, 7) is 7.45. The molecule has 104 valence electrons. The maximum Gasteiger partial charge on any atom is 0.213 e. The Kier molecular flexibility index (Phi) is 3.73. The Labute approximate surface area is 114 Å². The molecule has 2 atom stereocenters. The first kappa shape index (κ1) is 14.1. The average Bonchev–Trinajstić information content (AvgIpc) is 2.70. The van der Waals surface area contributed by atoms with Crippen molar-refractivity contribution in [1.29, 1.82) is 0 Å². The predicted molar refractivity (Wildman–Crippen MR) is 73.4 cm³/mol. The van der Waals surface area contributed by atoms with Gasteiger partial charge in [-0.3, -0.25) is 0 Å². The summed E-state index contributed by atoms with van der Waals surface area (Å²) in [7, 11) is -1.22. The van der Waals surface area contributed by atoms with Crippen molar-refractivity contribution in [2.45, 2.75) is 38.5 Å². The third-order valence-electron chi connectivity index (χ3n) is 2.58. The third kappa shape index (κ3) is 3.19. The molecule has 6 heteroatoms. The molecule has 0 spiro atoms. The number of nitrogens with one attached hydrogen (secondary N) is 1. The number of benzene rings is 1. The van der Waals surface area contributed by atoms with Crippen molar-refractivity contribution in [3.8, 4) is 0 Å². The second-order valence-corrected chi connectivity index (χ2v) is 7.38. The minimum absolute atomic E-state index is 0.310. The van der Waals surface area contributed by atoms with Crippen LogP contribution in [0.2, 0.25) is 0 Å². The zero-order valence-electron chi connectivity index (χ0n) is 11.4. The van der Waals surface area contributed by atoms with Gasteiger partial charge < -0.3 is 4.42 Å². The van der Waals surface area contributed by atoms with Crippen LogP contribution < -0.4 is 4.72 Å². The van der Waals surface area contributed by atoms with Crippen molar-refractivity contribution in [2.24, 2.45) is 0 Å². The van der Waals surface area contributed by atoms with Crippen molar-refractivity contribution >= 4 is 22.1 Å². The Hall–Kier alpha value is -1.27. The lowest BCUT2D eigenvalue weighted by molar-refractivity contribution is 0.473. The molecule has 2 rings (SSSR count). The van der Waals surface area contributed by atoms with Crippen LogP contribution in [0.1, 0.15) is 39.6 Å². The SMILES string of the molecule is C[C@@H](NS(=O)C(C)(C)C)c1nc2cc(F)ccc2o1. The van der Waals surface area contributed by atoms with E-state index >= 15 is 0 Å². The first-order valence-electron chi connectivity index (χ1n) is 6.01.